The molecule has 130 valence electrons. The third kappa shape index (κ3) is 5.32. The Morgan fingerprint density at radius 2 is 2.04 bits per heavy atom. The summed E-state index contributed by atoms with van der Waals surface area (Å²) in [6.07, 6.45) is 1.28. The number of amides is 2. The number of halogens is 1. The van der Waals surface area contributed by atoms with Crippen molar-refractivity contribution in [2.45, 2.75) is 0 Å². The number of phenols is 1. The Morgan fingerprint density at radius 1 is 1.28 bits per heavy atom. The first-order chi connectivity index (χ1) is 12.0. The molecule has 0 aliphatic rings. The summed E-state index contributed by atoms with van der Waals surface area (Å²) in [6.45, 7) is -0.235. The summed E-state index contributed by atoms with van der Waals surface area (Å²) >= 11 is 3.27. The number of benzene rings is 2. The van der Waals surface area contributed by atoms with E-state index in [9.17, 15) is 14.7 Å². The Hall–Kier alpha value is -2.87. The predicted molar refractivity (Wildman–Crippen MR) is 96.9 cm³/mol. The molecule has 0 spiro atoms. The fourth-order valence-electron chi connectivity index (χ4n) is 1.88. The first-order valence-corrected chi connectivity index (χ1v) is 8.02. The molecular formula is C17H16BrN3O4. The molecular weight excluding hydrogens is 390 g/mol. The highest BCUT2D eigenvalue weighted by molar-refractivity contribution is 9.10. The lowest BCUT2D eigenvalue weighted by molar-refractivity contribution is -0.120. The van der Waals surface area contributed by atoms with Crippen molar-refractivity contribution in [1.29, 1.82) is 0 Å². The number of hydrogen-bond acceptors (Lipinski definition) is 5. The van der Waals surface area contributed by atoms with Crippen molar-refractivity contribution in [3.05, 3.63) is 58.1 Å². The minimum Gasteiger partial charge on any atom is -0.507 e. The number of carbonyl (C=O) groups is 2. The topological polar surface area (TPSA) is 100 Å². The minimum atomic E-state index is -0.501. The van der Waals surface area contributed by atoms with Gasteiger partial charge < -0.3 is 15.2 Å². The smallest absolute Gasteiger partial charge is 0.259 e. The molecule has 0 bridgehead atoms. The second-order valence-electron chi connectivity index (χ2n) is 4.88. The number of hydrogen-bond donors (Lipinski definition) is 3. The molecule has 0 heterocycles. The molecule has 2 amide bonds. The SMILES string of the molecule is COc1ccc(O)c(C=NNC(=O)CNC(=O)c2ccccc2Br)c1. The molecule has 7 nitrogen and oxygen atoms in total. The van der Waals surface area contributed by atoms with Gasteiger partial charge in [-0.15, -0.1) is 0 Å². The average Bonchev–Trinajstić information content (AvgIpc) is 2.61. The van der Waals surface area contributed by atoms with Crippen molar-refractivity contribution in [3.8, 4) is 11.5 Å². The van der Waals surface area contributed by atoms with Crippen LogP contribution in [-0.2, 0) is 4.79 Å². The van der Waals surface area contributed by atoms with Crippen molar-refractivity contribution in [3.63, 3.8) is 0 Å². The van der Waals surface area contributed by atoms with E-state index in [4.69, 9.17) is 4.74 Å². The molecule has 2 aromatic rings. The normalized spacial score (nSPS) is 10.5. The van der Waals surface area contributed by atoms with E-state index < -0.39 is 5.91 Å². The highest BCUT2D eigenvalue weighted by Gasteiger charge is 2.10. The highest BCUT2D eigenvalue weighted by atomic mass is 79.9. The molecule has 2 rings (SSSR count). The maximum atomic E-state index is 12.0. The summed E-state index contributed by atoms with van der Waals surface area (Å²) in [5, 5.41) is 15.9. The van der Waals surface area contributed by atoms with Crippen LogP contribution in [0.5, 0.6) is 11.5 Å². The summed E-state index contributed by atoms with van der Waals surface area (Å²) < 4.78 is 5.68. The van der Waals surface area contributed by atoms with E-state index in [1.807, 2.05) is 0 Å². The molecule has 2 aromatic carbocycles. The van der Waals surface area contributed by atoms with Gasteiger partial charge in [0.05, 0.1) is 25.4 Å². The van der Waals surface area contributed by atoms with Crippen LogP contribution in [-0.4, -0.2) is 36.8 Å². The zero-order valence-corrected chi connectivity index (χ0v) is 14.9. The maximum Gasteiger partial charge on any atom is 0.259 e. The number of methoxy groups -OCH3 is 1. The van der Waals surface area contributed by atoms with Gasteiger partial charge in [0.2, 0.25) is 0 Å². The minimum absolute atomic E-state index is 0.000953. The van der Waals surface area contributed by atoms with Gasteiger partial charge in [-0.1, -0.05) is 12.1 Å². The van der Waals surface area contributed by atoms with Gasteiger partial charge in [0.1, 0.15) is 11.5 Å². The summed E-state index contributed by atoms with van der Waals surface area (Å²) in [6, 6.07) is 11.5. The zero-order chi connectivity index (χ0) is 18.2. The van der Waals surface area contributed by atoms with Crippen molar-refractivity contribution in [2.24, 2.45) is 5.10 Å². The fraction of sp³-hybridized carbons (Fsp3) is 0.118. The number of phenolic OH excluding ortho intramolecular Hbond substituents is 1. The summed E-state index contributed by atoms with van der Waals surface area (Å²) in [5.74, 6) is -0.330. The van der Waals surface area contributed by atoms with Crippen LogP contribution < -0.4 is 15.5 Å². The van der Waals surface area contributed by atoms with Gasteiger partial charge in [-0.3, -0.25) is 9.59 Å². The molecule has 0 saturated heterocycles. The van der Waals surface area contributed by atoms with Gasteiger partial charge in [0.25, 0.3) is 11.8 Å². The van der Waals surface area contributed by atoms with E-state index in [0.717, 1.165) is 0 Å². The van der Waals surface area contributed by atoms with Crippen LogP contribution in [0.4, 0.5) is 0 Å². The van der Waals surface area contributed by atoms with E-state index >= 15 is 0 Å². The van der Waals surface area contributed by atoms with Crippen molar-refractivity contribution >= 4 is 34.0 Å². The molecule has 0 aliphatic carbocycles. The average molecular weight is 406 g/mol. The van der Waals surface area contributed by atoms with Gasteiger partial charge >= 0.3 is 0 Å². The lowest BCUT2D eigenvalue weighted by atomic mass is 10.2. The number of carbonyl (C=O) groups excluding carboxylic acids is 2. The molecule has 8 heteroatoms. The second-order valence-corrected chi connectivity index (χ2v) is 5.73. The third-order valence-electron chi connectivity index (χ3n) is 3.16. The first-order valence-electron chi connectivity index (χ1n) is 7.23. The predicted octanol–water partition coefficient (Wildman–Crippen LogP) is 2.04. The molecule has 0 aromatic heterocycles. The monoisotopic (exact) mass is 405 g/mol. The van der Waals surface area contributed by atoms with E-state index in [1.165, 1.54) is 19.4 Å². The quantitative estimate of drug-likeness (QED) is 0.505. The standard InChI is InChI=1S/C17H16BrN3O4/c1-25-12-6-7-15(22)11(8-12)9-20-21-16(23)10-19-17(24)13-4-2-3-5-14(13)18/h2-9,22H,10H2,1H3,(H,19,24)(H,21,23). The van der Waals surface area contributed by atoms with E-state index in [2.05, 4.69) is 31.8 Å². The van der Waals surface area contributed by atoms with Crippen molar-refractivity contribution < 1.29 is 19.4 Å². The number of hydrazone groups is 1. The van der Waals surface area contributed by atoms with Gasteiger partial charge in [-0.05, 0) is 46.3 Å². The molecule has 0 saturated carbocycles. The number of ether oxygens (including phenoxy) is 1. The fourth-order valence-corrected chi connectivity index (χ4v) is 2.34. The van der Waals surface area contributed by atoms with Crippen LogP contribution in [0.2, 0.25) is 0 Å². The van der Waals surface area contributed by atoms with E-state index in [1.54, 1.807) is 36.4 Å². The number of nitrogens with zero attached hydrogens (tertiary/aromatic N) is 1. The van der Waals surface area contributed by atoms with E-state index in [-0.39, 0.29) is 18.2 Å². The lowest BCUT2D eigenvalue weighted by Gasteiger charge is -2.06. The van der Waals surface area contributed by atoms with Crippen LogP contribution >= 0.6 is 15.9 Å². The second kappa shape index (κ2) is 8.84. The number of rotatable bonds is 6. The molecule has 0 unspecified atom stereocenters. The van der Waals surface area contributed by atoms with Crippen molar-refractivity contribution in [2.75, 3.05) is 13.7 Å². The maximum absolute atomic E-state index is 12.0. The van der Waals surface area contributed by atoms with Gasteiger partial charge in [-0.25, -0.2) is 5.43 Å². The largest absolute Gasteiger partial charge is 0.507 e. The highest BCUT2D eigenvalue weighted by Crippen LogP contribution is 2.20. The van der Waals surface area contributed by atoms with Crippen LogP contribution in [0.3, 0.4) is 0 Å². The van der Waals surface area contributed by atoms with E-state index in [0.29, 0.717) is 21.3 Å². The van der Waals surface area contributed by atoms with Crippen LogP contribution in [0, 0.1) is 0 Å². The van der Waals surface area contributed by atoms with Gasteiger partial charge in [-0.2, -0.15) is 5.10 Å². The molecule has 0 radical (unpaired) electrons. The Morgan fingerprint density at radius 3 is 2.76 bits per heavy atom. The Balaban J connectivity index is 1.87. The van der Waals surface area contributed by atoms with Crippen LogP contribution in [0.25, 0.3) is 0 Å². The summed E-state index contributed by atoms with van der Waals surface area (Å²) in [7, 11) is 1.50. The molecule has 25 heavy (non-hydrogen) atoms. The molecule has 3 N–H and O–H groups in total. The third-order valence-corrected chi connectivity index (χ3v) is 3.85. The molecule has 0 fully saturated rings. The number of nitrogens with one attached hydrogen (secondary N) is 2. The van der Waals surface area contributed by atoms with Gasteiger partial charge in [0.15, 0.2) is 0 Å². The Labute approximate surface area is 152 Å². The Kier molecular flexibility index (Phi) is 6.53. The summed E-state index contributed by atoms with van der Waals surface area (Å²) in [4.78, 5) is 23.7. The first kappa shape index (κ1) is 18.5. The Bertz CT molecular complexity index is 808. The van der Waals surface area contributed by atoms with Crippen LogP contribution in [0.15, 0.2) is 52.0 Å². The van der Waals surface area contributed by atoms with Gasteiger partial charge in [0, 0.05) is 10.0 Å². The van der Waals surface area contributed by atoms with Crippen LogP contribution in [0.1, 0.15) is 15.9 Å². The molecule has 0 atom stereocenters. The van der Waals surface area contributed by atoms with Crippen molar-refractivity contribution in [1.82, 2.24) is 10.7 Å². The lowest BCUT2D eigenvalue weighted by Crippen LogP contribution is -2.35. The molecule has 0 aliphatic heterocycles. The summed E-state index contributed by atoms with van der Waals surface area (Å²) in [5.41, 5.74) is 3.09. The number of aromatic hydroxyl groups is 1. The zero-order valence-electron chi connectivity index (χ0n) is 13.3.